The van der Waals surface area contributed by atoms with Crippen LogP contribution in [0.5, 0.6) is 0 Å². The molecule has 0 spiro atoms. The van der Waals surface area contributed by atoms with Crippen LogP contribution in [-0.4, -0.2) is 42.8 Å². The molecule has 0 aliphatic carbocycles. The van der Waals surface area contributed by atoms with Gasteiger partial charge in [0.1, 0.15) is 18.3 Å². The maximum atomic E-state index is 5.85. The SMILES string of the molecule is C.CC1(C)O[C@@H]2O[C@H]3COC(C)(C)O[C@H]3[C@@H]2O1. The van der Waals surface area contributed by atoms with Gasteiger partial charge in [0, 0.05) is 0 Å². The second-order valence-electron chi connectivity index (χ2n) is 5.44. The van der Waals surface area contributed by atoms with Crippen LogP contribution in [0.25, 0.3) is 0 Å². The molecule has 0 saturated carbocycles. The van der Waals surface area contributed by atoms with E-state index in [1.54, 1.807) is 0 Å². The summed E-state index contributed by atoms with van der Waals surface area (Å²) in [6.07, 6.45) is -0.666. The standard InChI is InChI=1S/C11H18O5.CH4/c1-10(2)12-5-6-7(14-10)8-9(13-6)16-11(3,4)15-8;/h6-9H,5H2,1-4H3;1H4/t6-,7+,8-,9-;/m0./s1. The molecule has 0 aromatic heterocycles. The Morgan fingerprint density at radius 3 is 2.24 bits per heavy atom. The summed E-state index contributed by atoms with van der Waals surface area (Å²) in [6.45, 7) is 8.09. The summed E-state index contributed by atoms with van der Waals surface area (Å²) in [5.41, 5.74) is 0. The Bertz CT molecular complexity index is 301. The second-order valence-corrected chi connectivity index (χ2v) is 5.44. The van der Waals surface area contributed by atoms with Crippen LogP contribution in [0.1, 0.15) is 35.1 Å². The summed E-state index contributed by atoms with van der Waals surface area (Å²) in [4.78, 5) is 0. The quantitative estimate of drug-likeness (QED) is 0.650. The number of rotatable bonds is 0. The van der Waals surface area contributed by atoms with Crippen LogP contribution >= 0.6 is 0 Å². The molecule has 3 heterocycles. The van der Waals surface area contributed by atoms with E-state index >= 15 is 0 Å². The molecule has 0 aromatic carbocycles. The zero-order chi connectivity index (χ0) is 11.6. The largest absolute Gasteiger partial charge is 0.348 e. The van der Waals surface area contributed by atoms with Crippen LogP contribution in [0.4, 0.5) is 0 Å². The second kappa shape index (κ2) is 3.90. The smallest absolute Gasteiger partial charge is 0.190 e. The van der Waals surface area contributed by atoms with Crippen LogP contribution in [0.3, 0.4) is 0 Å². The number of hydrogen-bond donors (Lipinski definition) is 0. The topological polar surface area (TPSA) is 46.2 Å². The lowest BCUT2D eigenvalue weighted by Crippen LogP contribution is -2.50. The summed E-state index contributed by atoms with van der Waals surface area (Å²) in [5.74, 6) is -1.17. The summed E-state index contributed by atoms with van der Waals surface area (Å²) in [6, 6.07) is 0. The van der Waals surface area contributed by atoms with Gasteiger partial charge in [-0.2, -0.15) is 0 Å². The van der Waals surface area contributed by atoms with Crippen LogP contribution in [0, 0.1) is 0 Å². The lowest BCUT2D eigenvalue weighted by Gasteiger charge is -2.38. The van der Waals surface area contributed by atoms with Crippen molar-refractivity contribution in [1.29, 1.82) is 0 Å². The van der Waals surface area contributed by atoms with Gasteiger partial charge < -0.3 is 23.7 Å². The molecule has 5 heteroatoms. The molecule has 0 amide bonds. The first kappa shape index (κ1) is 13.2. The lowest BCUT2D eigenvalue weighted by molar-refractivity contribution is -0.319. The molecule has 17 heavy (non-hydrogen) atoms. The van der Waals surface area contributed by atoms with Gasteiger partial charge in [-0.1, -0.05) is 7.43 Å². The first-order valence-electron chi connectivity index (χ1n) is 5.69. The van der Waals surface area contributed by atoms with Crippen molar-refractivity contribution in [3.63, 3.8) is 0 Å². The molecule has 0 N–H and O–H groups in total. The minimum Gasteiger partial charge on any atom is -0.348 e. The third-order valence-corrected chi connectivity index (χ3v) is 3.10. The van der Waals surface area contributed by atoms with E-state index in [1.807, 2.05) is 27.7 Å². The van der Waals surface area contributed by atoms with E-state index < -0.39 is 11.6 Å². The van der Waals surface area contributed by atoms with E-state index in [0.717, 1.165) is 0 Å². The molecular weight excluding hydrogens is 224 g/mol. The van der Waals surface area contributed by atoms with Crippen molar-refractivity contribution in [2.75, 3.05) is 6.61 Å². The Kier molecular flexibility index (Phi) is 3.03. The van der Waals surface area contributed by atoms with Gasteiger partial charge in [-0.15, -0.1) is 0 Å². The van der Waals surface area contributed by atoms with Gasteiger partial charge in [-0.05, 0) is 27.7 Å². The average molecular weight is 246 g/mol. The molecule has 5 nitrogen and oxygen atoms in total. The predicted octanol–water partition coefficient (Wildman–Crippen LogP) is 1.65. The van der Waals surface area contributed by atoms with Crippen LogP contribution in [0.15, 0.2) is 0 Å². The van der Waals surface area contributed by atoms with Gasteiger partial charge in [0.05, 0.1) is 6.61 Å². The fraction of sp³-hybridized carbons (Fsp3) is 1.00. The van der Waals surface area contributed by atoms with Gasteiger partial charge in [0.15, 0.2) is 17.9 Å². The first-order chi connectivity index (χ1) is 7.36. The van der Waals surface area contributed by atoms with Gasteiger partial charge in [-0.3, -0.25) is 0 Å². The molecule has 4 atom stereocenters. The Balaban J connectivity index is 0.00000108. The Labute approximate surface area is 102 Å². The monoisotopic (exact) mass is 246 g/mol. The normalized spacial score (nSPS) is 45.9. The van der Waals surface area contributed by atoms with Gasteiger partial charge in [0.25, 0.3) is 0 Å². The van der Waals surface area contributed by atoms with Crippen LogP contribution < -0.4 is 0 Å². The van der Waals surface area contributed by atoms with Crippen LogP contribution in [-0.2, 0) is 23.7 Å². The summed E-state index contributed by atoms with van der Waals surface area (Å²) in [7, 11) is 0. The predicted molar refractivity (Wildman–Crippen MR) is 60.3 cm³/mol. The highest BCUT2D eigenvalue weighted by Gasteiger charge is 2.58. The molecule has 0 bridgehead atoms. The molecular formula is C12H22O5. The van der Waals surface area contributed by atoms with Crippen molar-refractivity contribution in [2.24, 2.45) is 0 Å². The molecule has 100 valence electrons. The molecule has 0 unspecified atom stereocenters. The molecule has 3 fully saturated rings. The van der Waals surface area contributed by atoms with E-state index in [9.17, 15) is 0 Å². The summed E-state index contributed by atoms with van der Waals surface area (Å²) in [5, 5.41) is 0. The van der Waals surface area contributed by atoms with E-state index in [4.69, 9.17) is 23.7 Å². The van der Waals surface area contributed by atoms with Crippen LogP contribution in [0.2, 0.25) is 0 Å². The summed E-state index contributed by atoms with van der Waals surface area (Å²) < 4.78 is 28.6. The van der Waals surface area contributed by atoms with Crippen molar-refractivity contribution < 1.29 is 23.7 Å². The highest BCUT2D eigenvalue weighted by Crippen LogP contribution is 2.42. The minimum atomic E-state index is -0.591. The molecule has 3 aliphatic heterocycles. The number of hydrogen-bond acceptors (Lipinski definition) is 5. The van der Waals surface area contributed by atoms with E-state index in [-0.39, 0.29) is 32.0 Å². The molecule has 0 aromatic rings. The first-order valence-corrected chi connectivity index (χ1v) is 5.69. The zero-order valence-electron chi connectivity index (χ0n) is 10.1. The van der Waals surface area contributed by atoms with Crippen molar-refractivity contribution in [2.45, 2.75) is 71.3 Å². The zero-order valence-corrected chi connectivity index (χ0v) is 10.1. The fourth-order valence-corrected chi connectivity index (χ4v) is 2.47. The Morgan fingerprint density at radius 1 is 0.882 bits per heavy atom. The van der Waals surface area contributed by atoms with E-state index in [1.165, 1.54) is 0 Å². The molecule has 3 rings (SSSR count). The highest BCUT2D eigenvalue weighted by molar-refractivity contribution is 4.96. The van der Waals surface area contributed by atoms with Crippen molar-refractivity contribution in [1.82, 2.24) is 0 Å². The maximum Gasteiger partial charge on any atom is 0.190 e. The summed E-state index contributed by atoms with van der Waals surface area (Å²) >= 11 is 0. The van der Waals surface area contributed by atoms with E-state index in [2.05, 4.69) is 0 Å². The Morgan fingerprint density at radius 2 is 1.53 bits per heavy atom. The average Bonchev–Trinajstić information content (AvgIpc) is 2.57. The third kappa shape index (κ3) is 2.22. The third-order valence-electron chi connectivity index (χ3n) is 3.10. The van der Waals surface area contributed by atoms with Crippen molar-refractivity contribution in [3.8, 4) is 0 Å². The highest BCUT2D eigenvalue weighted by atomic mass is 16.9. The maximum absolute atomic E-state index is 5.85. The van der Waals surface area contributed by atoms with Crippen molar-refractivity contribution >= 4 is 0 Å². The van der Waals surface area contributed by atoms with Crippen molar-refractivity contribution in [3.05, 3.63) is 0 Å². The number of fused-ring (bicyclic) bond motifs is 3. The fourth-order valence-electron chi connectivity index (χ4n) is 2.47. The van der Waals surface area contributed by atoms with Gasteiger partial charge in [-0.25, -0.2) is 0 Å². The lowest BCUT2D eigenvalue weighted by atomic mass is 10.1. The number of ether oxygens (including phenoxy) is 5. The minimum absolute atomic E-state index is 0. The molecule has 0 radical (unpaired) electrons. The molecule has 3 aliphatic rings. The van der Waals surface area contributed by atoms with E-state index in [0.29, 0.717) is 6.61 Å². The van der Waals surface area contributed by atoms with Gasteiger partial charge >= 0.3 is 0 Å². The van der Waals surface area contributed by atoms with Gasteiger partial charge in [0.2, 0.25) is 0 Å². The Hall–Kier alpha value is -0.200. The molecule has 3 saturated heterocycles.